The van der Waals surface area contributed by atoms with E-state index in [0.717, 1.165) is 23.7 Å². The van der Waals surface area contributed by atoms with E-state index < -0.39 is 5.97 Å². The van der Waals surface area contributed by atoms with Crippen LogP contribution >= 0.6 is 0 Å². The molecule has 1 aromatic heterocycles. The Labute approximate surface area is 164 Å². The van der Waals surface area contributed by atoms with Gasteiger partial charge in [0.1, 0.15) is 5.75 Å². The lowest BCUT2D eigenvalue weighted by Crippen LogP contribution is -1.93. The number of nitrogens with zero attached hydrogens (tertiary/aromatic N) is 1. The number of rotatable bonds is 12. The fourth-order valence-electron chi connectivity index (χ4n) is 3.26. The van der Waals surface area contributed by atoms with Gasteiger partial charge < -0.3 is 14.8 Å². The summed E-state index contributed by atoms with van der Waals surface area (Å²) < 4.78 is 1.91. The lowest BCUT2D eigenvalue weighted by atomic mass is 10.1. The number of unbranched alkanes of at least 4 members (excludes halogenated alkanes) is 10. The molecule has 0 atom stereocenters. The minimum absolute atomic E-state index is 0.344. The van der Waals surface area contributed by atoms with E-state index in [0.29, 0.717) is 12.2 Å². The highest BCUT2D eigenvalue weighted by atomic mass is 16.4. The maximum absolute atomic E-state index is 10.3. The van der Waals surface area contributed by atoms with Gasteiger partial charge in [0.05, 0.1) is 5.52 Å². The molecule has 0 aliphatic rings. The maximum Gasteiger partial charge on any atom is 0.303 e. The van der Waals surface area contributed by atoms with E-state index in [1.165, 1.54) is 57.8 Å². The quantitative estimate of drug-likeness (QED) is 0.408. The minimum atomic E-state index is -0.657. The standard InChI is InChI=1S/C14H28O2.C9H9NO/c1-2-3-4-5-6-7-8-9-10-11-12-13-14(15)16;1-10-6-9(11)7-4-2-3-5-8(7)10/h2-13H2,1H3,(H,15,16);2-6,11H,1H3. The van der Waals surface area contributed by atoms with Gasteiger partial charge in [-0.25, -0.2) is 0 Å². The van der Waals surface area contributed by atoms with Crippen molar-refractivity contribution in [1.82, 2.24) is 4.57 Å². The van der Waals surface area contributed by atoms with Crippen LogP contribution in [0.2, 0.25) is 0 Å². The van der Waals surface area contributed by atoms with E-state index in [1.54, 1.807) is 6.20 Å². The first-order valence-electron chi connectivity index (χ1n) is 10.5. The molecule has 0 radical (unpaired) electrons. The van der Waals surface area contributed by atoms with Gasteiger partial charge in [-0.15, -0.1) is 0 Å². The molecule has 2 aromatic rings. The number of aliphatic carboxylic acids is 1. The van der Waals surface area contributed by atoms with Crippen LogP contribution in [0.1, 0.15) is 84.0 Å². The van der Waals surface area contributed by atoms with E-state index in [9.17, 15) is 9.90 Å². The highest BCUT2D eigenvalue weighted by Gasteiger charge is 2.01. The zero-order valence-electron chi connectivity index (χ0n) is 17.1. The fraction of sp³-hybridized carbons (Fsp3) is 0.609. The molecule has 0 amide bonds. The molecule has 0 saturated carbocycles. The monoisotopic (exact) mass is 375 g/mol. The molecule has 0 bridgehead atoms. The largest absolute Gasteiger partial charge is 0.506 e. The Morgan fingerprint density at radius 3 is 1.93 bits per heavy atom. The number of hydrogen-bond donors (Lipinski definition) is 2. The first kappa shape index (κ1) is 23.1. The van der Waals surface area contributed by atoms with E-state index in [1.807, 2.05) is 35.9 Å². The summed E-state index contributed by atoms with van der Waals surface area (Å²) in [5, 5.41) is 18.7. The van der Waals surface area contributed by atoms with Crippen LogP contribution in [0, 0.1) is 0 Å². The SMILES string of the molecule is CCCCCCCCCCCCCC(=O)O.Cn1cc(O)c2ccccc21. The summed E-state index contributed by atoms with van der Waals surface area (Å²) in [5.41, 5.74) is 1.06. The predicted octanol–water partition coefficient (Wildman–Crippen LogP) is 6.66. The van der Waals surface area contributed by atoms with Crippen molar-refractivity contribution < 1.29 is 15.0 Å². The third kappa shape index (κ3) is 10.1. The molecule has 4 heteroatoms. The van der Waals surface area contributed by atoms with Crippen molar-refractivity contribution in [2.24, 2.45) is 7.05 Å². The Balaban J connectivity index is 0.000000285. The van der Waals surface area contributed by atoms with Gasteiger partial charge in [0.25, 0.3) is 0 Å². The van der Waals surface area contributed by atoms with Crippen LogP contribution in [0.4, 0.5) is 0 Å². The summed E-state index contributed by atoms with van der Waals surface area (Å²) in [6.07, 6.45) is 16.1. The molecule has 2 rings (SSSR count). The number of aromatic nitrogens is 1. The van der Waals surface area contributed by atoms with Gasteiger partial charge in [0.2, 0.25) is 0 Å². The molecule has 1 aromatic carbocycles. The van der Waals surface area contributed by atoms with Gasteiger partial charge in [-0.2, -0.15) is 0 Å². The zero-order chi connectivity index (χ0) is 19.9. The average Bonchev–Trinajstić information content (AvgIpc) is 2.94. The first-order valence-corrected chi connectivity index (χ1v) is 10.5. The summed E-state index contributed by atoms with van der Waals surface area (Å²) >= 11 is 0. The third-order valence-corrected chi connectivity index (χ3v) is 4.87. The second-order valence-electron chi connectivity index (χ2n) is 7.32. The average molecular weight is 376 g/mol. The molecule has 0 spiro atoms. The summed E-state index contributed by atoms with van der Waals surface area (Å²) in [6, 6.07) is 7.77. The van der Waals surface area contributed by atoms with Crippen LogP contribution in [0.3, 0.4) is 0 Å². The Morgan fingerprint density at radius 2 is 1.41 bits per heavy atom. The molecule has 1 heterocycles. The van der Waals surface area contributed by atoms with Crippen molar-refractivity contribution in [3.63, 3.8) is 0 Å². The van der Waals surface area contributed by atoms with E-state index in [4.69, 9.17) is 5.11 Å². The Bertz CT molecular complexity index is 612. The number of para-hydroxylation sites is 1. The van der Waals surface area contributed by atoms with Gasteiger partial charge in [0.15, 0.2) is 0 Å². The lowest BCUT2D eigenvalue weighted by Gasteiger charge is -2.01. The van der Waals surface area contributed by atoms with Crippen molar-refractivity contribution in [2.45, 2.75) is 84.0 Å². The number of aromatic hydroxyl groups is 1. The van der Waals surface area contributed by atoms with Crippen molar-refractivity contribution in [2.75, 3.05) is 0 Å². The molecular formula is C23H37NO3. The lowest BCUT2D eigenvalue weighted by molar-refractivity contribution is -0.137. The highest BCUT2D eigenvalue weighted by molar-refractivity contribution is 5.86. The molecule has 0 saturated heterocycles. The molecule has 0 unspecified atom stereocenters. The fourth-order valence-corrected chi connectivity index (χ4v) is 3.26. The van der Waals surface area contributed by atoms with Crippen LogP contribution in [0.5, 0.6) is 5.75 Å². The Kier molecular flexibility index (Phi) is 12.1. The van der Waals surface area contributed by atoms with Crippen LogP contribution in [-0.2, 0) is 11.8 Å². The summed E-state index contributed by atoms with van der Waals surface area (Å²) in [6.45, 7) is 2.25. The Hall–Kier alpha value is -1.97. The topological polar surface area (TPSA) is 62.5 Å². The number of aryl methyl sites for hydroxylation is 1. The van der Waals surface area contributed by atoms with Gasteiger partial charge in [-0.3, -0.25) is 4.79 Å². The van der Waals surface area contributed by atoms with Gasteiger partial charge >= 0.3 is 5.97 Å². The molecule has 0 aliphatic carbocycles. The zero-order valence-corrected chi connectivity index (χ0v) is 17.1. The van der Waals surface area contributed by atoms with Crippen molar-refractivity contribution in [3.05, 3.63) is 30.5 Å². The molecule has 0 aliphatic heterocycles. The van der Waals surface area contributed by atoms with Crippen molar-refractivity contribution in [3.8, 4) is 5.75 Å². The van der Waals surface area contributed by atoms with Crippen molar-refractivity contribution in [1.29, 1.82) is 0 Å². The van der Waals surface area contributed by atoms with Crippen molar-refractivity contribution >= 4 is 16.9 Å². The molecule has 4 nitrogen and oxygen atoms in total. The number of carboxylic acids is 1. The Morgan fingerprint density at radius 1 is 0.889 bits per heavy atom. The van der Waals surface area contributed by atoms with Crippen LogP contribution in [0.25, 0.3) is 10.9 Å². The number of hydrogen-bond acceptors (Lipinski definition) is 2. The number of carboxylic acid groups (broad SMARTS) is 1. The smallest absolute Gasteiger partial charge is 0.303 e. The number of carbonyl (C=O) groups is 1. The second-order valence-corrected chi connectivity index (χ2v) is 7.32. The second kappa shape index (κ2) is 14.1. The molecule has 0 fully saturated rings. The summed E-state index contributed by atoms with van der Waals surface area (Å²) in [5.74, 6) is -0.306. The molecule has 2 N–H and O–H groups in total. The molecule has 27 heavy (non-hydrogen) atoms. The molecule has 152 valence electrons. The van der Waals surface area contributed by atoms with E-state index in [2.05, 4.69) is 6.92 Å². The normalized spacial score (nSPS) is 10.6. The van der Waals surface area contributed by atoms with Gasteiger partial charge in [0, 0.05) is 25.1 Å². The van der Waals surface area contributed by atoms with Gasteiger partial charge in [-0.05, 0) is 18.6 Å². The highest BCUT2D eigenvalue weighted by Crippen LogP contribution is 2.24. The van der Waals surface area contributed by atoms with Gasteiger partial charge in [-0.1, -0.05) is 83.3 Å². The van der Waals surface area contributed by atoms with Crippen LogP contribution in [-0.4, -0.2) is 20.7 Å². The number of fused-ring (bicyclic) bond motifs is 1. The first-order chi connectivity index (χ1) is 13.1. The third-order valence-electron chi connectivity index (χ3n) is 4.87. The van der Waals surface area contributed by atoms with Crippen LogP contribution < -0.4 is 0 Å². The van der Waals surface area contributed by atoms with E-state index >= 15 is 0 Å². The van der Waals surface area contributed by atoms with E-state index in [-0.39, 0.29) is 0 Å². The maximum atomic E-state index is 10.3. The summed E-state index contributed by atoms with van der Waals surface area (Å²) in [7, 11) is 1.92. The number of benzene rings is 1. The van der Waals surface area contributed by atoms with Crippen LogP contribution in [0.15, 0.2) is 30.5 Å². The minimum Gasteiger partial charge on any atom is -0.506 e. The predicted molar refractivity (Wildman–Crippen MR) is 113 cm³/mol. The molecular weight excluding hydrogens is 338 g/mol. The summed E-state index contributed by atoms with van der Waals surface area (Å²) in [4.78, 5) is 10.3.